The molecule has 4 aliphatic carbocycles. The minimum Gasteiger partial charge on any atom is -0.331 e. The van der Waals surface area contributed by atoms with Crippen molar-refractivity contribution >= 4 is 34.2 Å². The molecule has 5 aliphatic rings. The van der Waals surface area contributed by atoms with E-state index in [-0.39, 0.29) is 18.4 Å². The molecule has 0 spiro atoms. The molecule has 2 atom stereocenters. The standard InChI is InChI=1S/C62H56N4.C2H6.CH4/c1-3-4-5-8-21-40-64-58(44-57(63)49-23-12-9-13-24-49)52-42-50(47-29-33-53(34-30-47)65-59-27-15-7-6-14-25-55(59)56-26-16-17-28-60(56)65)41-51(43-52)48-31-35-54(36-32-48)66-46(2)22-11-10-18-37-61-38-19-20-39-62(61,66)45-61;1-2;/h3-5,7-12,15-23,26,28-36,38-44,63H,1-2,6,13-14,24-25,27,37,45H2;1-2H3;1H4/b5-4-,15-7-,18-10-,21-8+,22-11-,58-44-,63-57?,64-40-;;. The molecule has 4 nitrogen and oxygen atoms in total. The van der Waals surface area contributed by atoms with Crippen molar-refractivity contribution in [2.75, 3.05) is 4.90 Å². The van der Waals surface area contributed by atoms with Crippen molar-refractivity contribution in [3.8, 4) is 27.9 Å². The van der Waals surface area contributed by atoms with E-state index in [1.165, 1.54) is 22.2 Å². The van der Waals surface area contributed by atoms with Gasteiger partial charge in [0.2, 0.25) is 0 Å². The van der Waals surface area contributed by atoms with Crippen LogP contribution in [0.4, 0.5) is 5.69 Å². The van der Waals surface area contributed by atoms with Gasteiger partial charge in [0.05, 0.1) is 22.5 Å². The fourth-order valence-electron chi connectivity index (χ4n) is 10.5. The van der Waals surface area contributed by atoms with Crippen molar-refractivity contribution in [1.82, 2.24) is 4.57 Å². The van der Waals surface area contributed by atoms with Crippen molar-refractivity contribution in [3.63, 3.8) is 0 Å². The van der Waals surface area contributed by atoms with E-state index in [9.17, 15) is 5.41 Å². The highest BCUT2D eigenvalue weighted by Gasteiger charge is 2.68. The molecule has 0 bridgehead atoms. The number of aliphatic imine (C=N–C) groups is 1. The summed E-state index contributed by atoms with van der Waals surface area (Å²) in [5.41, 5.74) is 14.8. The average molecular weight is 903 g/mol. The van der Waals surface area contributed by atoms with Gasteiger partial charge >= 0.3 is 0 Å². The molecule has 0 amide bonds. The normalized spacial score (nSPS) is 21.9. The van der Waals surface area contributed by atoms with Crippen LogP contribution in [0.2, 0.25) is 0 Å². The van der Waals surface area contributed by atoms with Crippen molar-refractivity contribution in [2.45, 2.75) is 78.2 Å². The third-order valence-corrected chi connectivity index (χ3v) is 13.8. The van der Waals surface area contributed by atoms with Gasteiger partial charge in [-0.05, 0) is 145 Å². The second kappa shape index (κ2) is 21.6. The SMILES string of the molecule is C.C=C\C=C/C=C/C=N\C(=C/C(=N)C1=CC=CCC1)c1cc(-c2ccc(N3C(=C)/C=C\C=C/CC45C=CC=CC34C5)cc2)cc(-c2ccc(-n3c4c(c5ccccc53)CCC/C=C\C4)cc2)c1.CC. The van der Waals surface area contributed by atoms with E-state index in [1.54, 1.807) is 6.08 Å². The maximum atomic E-state index is 9.25. The Morgan fingerprint density at radius 3 is 2.22 bits per heavy atom. The van der Waals surface area contributed by atoms with Crippen molar-refractivity contribution in [1.29, 1.82) is 5.41 Å². The maximum Gasteiger partial charge on any atom is 0.0740 e. The topological polar surface area (TPSA) is 44.4 Å². The van der Waals surface area contributed by atoms with Crippen LogP contribution in [0.3, 0.4) is 0 Å². The maximum absolute atomic E-state index is 9.25. The zero-order chi connectivity index (χ0) is 46.9. The zero-order valence-electron chi connectivity index (χ0n) is 39.6. The Balaban J connectivity index is 0.00000211. The number of nitrogens with zero attached hydrogens (tertiary/aromatic N) is 3. The van der Waals surface area contributed by atoms with Gasteiger partial charge in [0.1, 0.15) is 0 Å². The second-order valence-electron chi connectivity index (χ2n) is 17.9. The van der Waals surface area contributed by atoms with Gasteiger partial charge in [-0.3, -0.25) is 4.99 Å². The lowest BCUT2D eigenvalue weighted by molar-refractivity contribution is 0.554. The molecule has 346 valence electrons. The number of para-hydroxylation sites is 1. The Kier molecular flexibility index (Phi) is 15.0. The van der Waals surface area contributed by atoms with E-state index in [1.807, 2.05) is 50.4 Å². The van der Waals surface area contributed by atoms with Crippen LogP contribution in [-0.4, -0.2) is 22.0 Å². The lowest BCUT2D eigenvalue weighted by Gasteiger charge is -2.37. The summed E-state index contributed by atoms with van der Waals surface area (Å²) < 4.78 is 2.47. The van der Waals surface area contributed by atoms with E-state index in [4.69, 9.17) is 4.99 Å². The van der Waals surface area contributed by atoms with Gasteiger partial charge in [-0.1, -0.05) is 174 Å². The smallest absolute Gasteiger partial charge is 0.0740 e. The first-order valence-corrected chi connectivity index (χ1v) is 24.4. The quantitative estimate of drug-likeness (QED) is 0.0801. The number of rotatable bonds is 11. The first-order valence-electron chi connectivity index (χ1n) is 24.4. The first-order chi connectivity index (χ1) is 33.5. The molecule has 4 aromatic carbocycles. The van der Waals surface area contributed by atoms with Crippen LogP contribution in [0.15, 0.2) is 236 Å². The lowest BCUT2D eigenvalue weighted by Crippen LogP contribution is -2.39. The van der Waals surface area contributed by atoms with E-state index >= 15 is 0 Å². The van der Waals surface area contributed by atoms with E-state index in [2.05, 4.69) is 193 Å². The van der Waals surface area contributed by atoms with E-state index in [0.717, 1.165) is 108 Å². The van der Waals surface area contributed by atoms with Gasteiger partial charge in [-0.2, -0.15) is 0 Å². The Labute approximate surface area is 411 Å². The minimum absolute atomic E-state index is 0. The predicted molar refractivity (Wildman–Crippen MR) is 300 cm³/mol. The molecule has 69 heavy (non-hydrogen) atoms. The average Bonchev–Trinajstić information content (AvgIpc) is 3.94. The summed E-state index contributed by atoms with van der Waals surface area (Å²) >= 11 is 0. The molecule has 10 rings (SSSR count). The molecule has 2 unspecified atom stereocenters. The fourth-order valence-corrected chi connectivity index (χ4v) is 10.5. The third-order valence-electron chi connectivity index (χ3n) is 13.8. The zero-order valence-corrected chi connectivity index (χ0v) is 39.6. The van der Waals surface area contributed by atoms with Gasteiger partial charge in [-0.15, -0.1) is 0 Å². The van der Waals surface area contributed by atoms with Crippen LogP contribution in [0.25, 0.3) is 44.5 Å². The second-order valence-corrected chi connectivity index (χ2v) is 17.9. The number of anilines is 1. The molecule has 1 N–H and O–H groups in total. The van der Waals surface area contributed by atoms with Crippen LogP contribution in [0.5, 0.6) is 0 Å². The number of benzene rings is 4. The monoisotopic (exact) mass is 903 g/mol. The highest BCUT2D eigenvalue weighted by atomic mass is 15.3. The molecular formula is C65H66N4. The molecule has 1 fully saturated rings. The summed E-state index contributed by atoms with van der Waals surface area (Å²) in [7, 11) is 0. The van der Waals surface area contributed by atoms with Crippen molar-refractivity contribution in [3.05, 3.63) is 248 Å². The molecule has 1 aromatic heterocycles. The molecular weight excluding hydrogens is 837 g/mol. The Morgan fingerprint density at radius 1 is 0.725 bits per heavy atom. The molecule has 5 aromatic rings. The Hall–Kier alpha value is -7.56. The van der Waals surface area contributed by atoms with Gasteiger partial charge < -0.3 is 14.9 Å². The number of nitrogens with one attached hydrogen (secondary N) is 1. The molecule has 2 heterocycles. The predicted octanol–water partition coefficient (Wildman–Crippen LogP) is 17.2. The third kappa shape index (κ3) is 9.76. The minimum atomic E-state index is -0.151. The summed E-state index contributed by atoms with van der Waals surface area (Å²) in [5, 5.41) is 10.6. The molecule has 0 saturated heterocycles. The lowest BCUT2D eigenvalue weighted by atomic mass is 9.89. The van der Waals surface area contributed by atoms with Gasteiger partial charge in [0, 0.05) is 51.8 Å². The Morgan fingerprint density at radius 2 is 1.46 bits per heavy atom. The highest BCUT2D eigenvalue weighted by molar-refractivity contribution is 6.11. The van der Waals surface area contributed by atoms with Gasteiger partial charge in [-0.25, -0.2) is 0 Å². The largest absolute Gasteiger partial charge is 0.331 e. The van der Waals surface area contributed by atoms with Crippen molar-refractivity contribution in [2.24, 2.45) is 10.4 Å². The number of hydrogen-bond donors (Lipinski definition) is 1. The molecule has 0 radical (unpaired) electrons. The van der Waals surface area contributed by atoms with Crippen LogP contribution in [0, 0.1) is 10.8 Å². The number of aromatic nitrogens is 1. The summed E-state index contributed by atoms with van der Waals surface area (Å²) in [5.74, 6) is 0. The number of aryl methyl sites for hydroxylation is 1. The highest BCUT2D eigenvalue weighted by Crippen LogP contribution is 2.67. The van der Waals surface area contributed by atoms with Gasteiger partial charge in [0.15, 0.2) is 0 Å². The summed E-state index contributed by atoms with van der Waals surface area (Å²) in [6.45, 7) is 12.4. The van der Waals surface area contributed by atoms with Crippen LogP contribution in [-0.2, 0) is 12.8 Å². The first kappa shape index (κ1) is 47.9. The number of fused-ring (bicyclic) bond motifs is 3. The number of hydrogen-bond acceptors (Lipinski definition) is 3. The van der Waals surface area contributed by atoms with Crippen molar-refractivity contribution < 1.29 is 0 Å². The summed E-state index contributed by atoms with van der Waals surface area (Å²) in [6, 6.07) is 33.7. The van der Waals surface area contributed by atoms with Crippen LogP contribution >= 0.6 is 0 Å². The fraction of sp³-hybridized carbons (Fsp3) is 0.200. The Bertz CT molecular complexity index is 3070. The van der Waals surface area contributed by atoms with E-state index in [0.29, 0.717) is 5.71 Å². The number of allylic oxidation sites excluding steroid dienone is 18. The molecule has 4 heteroatoms. The van der Waals surface area contributed by atoms with Gasteiger partial charge in [0.25, 0.3) is 0 Å². The molecule has 1 aliphatic heterocycles. The van der Waals surface area contributed by atoms with Crippen LogP contribution < -0.4 is 4.90 Å². The summed E-state index contributed by atoms with van der Waals surface area (Å²) in [4.78, 5) is 7.49. The van der Waals surface area contributed by atoms with Crippen LogP contribution in [0.1, 0.15) is 76.6 Å². The molecule has 1 saturated carbocycles. The van der Waals surface area contributed by atoms with E-state index < -0.39 is 0 Å². The summed E-state index contributed by atoms with van der Waals surface area (Å²) in [6.07, 6.45) is 50.1.